The molecule has 2 N–H and O–H groups in total. The van der Waals surface area contributed by atoms with Crippen molar-refractivity contribution in [2.24, 2.45) is 0 Å². The van der Waals surface area contributed by atoms with Gasteiger partial charge in [-0.05, 0) is 41.3 Å². The number of nitrogens with two attached hydrogens (primary N) is 1. The average Bonchev–Trinajstić information content (AvgIpc) is 2.92. The second-order valence-corrected chi connectivity index (χ2v) is 5.50. The van der Waals surface area contributed by atoms with Gasteiger partial charge in [-0.2, -0.15) is 0 Å². The first-order valence-corrected chi connectivity index (χ1v) is 7.31. The molecule has 108 valence electrons. The van der Waals surface area contributed by atoms with Gasteiger partial charge >= 0.3 is 0 Å². The zero-order valence-electron chi connectivity index (χ0n) is 12.0. The number of benzene rings is 2. The van der Waals surface area contributed by atoms with Crippen LogP contribution in [0.3, 0.4) is 0 Å². The van der Waals surface area contributed by atoms with Crippen molar-refractivity contribution in [1.82, 2.24) is 0 Å². The molecule has 0 atom stereocenters. The maximum atomic E-state index is 12.1. The van der Waals surface area contributed by atoms with E-state index in [-0.39, 0.29) is 5.78 Å². The molecule has 0 bridgehead atoms. The standard InChI is InChI=1S/C18H19NO2/c19-16-3-1-2-14(11-16)12-17(20)6-4-13-5-7-18-15(10-13)8-9-21-18/h1-3,5,7,10-11H,4,6,8-9,12,19H2. The Hall–Kier alpha value is -2.29. The molecule has 0 aliphatic carbocycles. The van der Waals surface area contributed by atoms with E-state index in [0.717, 1.165) is 30.8 Å². The molecule has 1 aliphatic rings. The first-order valence-electron chi connectivity index (χ1n) is 7.31. The molecule has 0 saturated heterocycles. The van der Waals surface area contributed by atoms with E-state index in [4.69, 9.17) is 10.5 Å². The Morgan fingerprint density at radius 3 is 2.90 bits per heavy atom. The molecule has 1 aliphatic heterocycles. The number of nitrogen functional groups attached to an aromatic ring is 1. The molecular weight excluding hydrogens is 262 g/mol. The van der Waals surface area contributed by atoms with Gasteiger partial charge in [-0.1, -0.05) is 24.3 Å². The maximum absolute atomic E-state index is 12.1. The van der Waals surface area contributed by atoms with E-state index in [1.165, 1.54) is 11.1 Å². The average molecular weight is 281 g/mol. The lowest BCUT2D eigenvalue weighted by molar-refractivity contribution is -0.118. The molecule has 0 amide bonds. The number of Topliss-reactive ketones (excluding diaryl/α,β-unsaturated/α-hetero) is 1. The van der Waals surface area contributed by atoms with Crippen LogP contribution in [0.25, 0.3) is 0 Å². The Kier molecular flexibility index (Phi) is 3.91. The molecule has 1 heterocycles. The summed E-state index contributed by atoms with van der Waals surface area (Å²) in [5.41, 5.74) is 9.89. The van der Waals surface area contributed by atoms with Crippen molar-refractivity contribution in [1.29, 1.82) is 0 Å². The van der Waals surface area contributed by atoms with E-state index in [1.54, 1.807) is 0 Å². The fourth-order valence-corrected chi connectivity index (χ4v) is 2.70. The third kappa shape index (κ3) is 3.43. The fourth-order valence-electron chi connectivity index (χ4n) is 2.70. The van der Waals surface area contributed by atoms with Crippen LogP contribution in [-0.4, -0.2) is 12.4 Å². The quantitative estimate of drug-likeness (QED) is 0.857. The van der Waals surface area contributed by atoms with Crippen molar-refractivity contribution in [3.63, 3.8) is 0 Å². The molecule has 3 rings (SSSR count). The SMILES string of the molecule is Nc1cccc(CC(=O)CCc2ccc3c(c2)CCO3)c1. The van der Waals surface area contributed by atoms with Gasteiger partial charge in [0, 0.05) is 24.9 Å². The lowest BCUT2D eigenvalue weighted by Gasteiger charge is -2.05. The van der Waals surface area contributed by atoms with Crippen LogP contribution in [0.4, 0.5) is 5.69 Å². The van der Waals surface area contributed by atoms with Crippen molar-refractivity contribution in [2.45, 2.75) is 25.7 Å². The van der Waals surface area contributed by atoms with Gasteiger partial charge in [-0.3, -0.25) is 4.79 Å². The molecule has 0 unspecified atom stereocenters. The van der Waals surface area contributed by atoms with Crippen LogP contribution < -0.4 is 10.5 Å². The molecule has 0 radical (unpaired) electrons. The van der Waals surface area contributed by atoms with Crippen molar-refractivity contribution in [2.75, 3.05) is 12.3 Å². The van der Waals surface area contributed by atoms with Gasteiger partial charge in [-0.25, -0.2) is 0 Å². The van der Waals surface area contributed by atoms with Gasteiger partial charge < -0.3 is 10.5 Å². The van der Waals surface area contributed by atoms with E-state index in [2.05, 4.69) is 12.1 Å². The summed E-state index contributed by atoms with van der Waals surface area (Å²) in [6.07, 6.45) is 2.78. The predicted molar refractivity (Wildman–Crippen MR) is 83.5 cm³/mol. The van der Waals surface area contributed by atoms with Crippen LogP contribution >= 0.6 is 0 Å². The molecule has 21 heavy (non-hydrogen) atoms. The lowest BCUT2D eigenvalue weighted by Crippen LogP contribution is -2.04. The molecule has 0 fully saturated rings. The highest BCUT2D eigenvalue weighted by molar-refractivity contribution is 5.81. The Labute approximate surface area is 124 Å². The molecule has 0 aromatic heterocycles. The monoisotopic (exact) mass is 281 g/mol. The first-order chi connectivity index (χ1) is 10.2. The molecular formula is C18H19NO2. The van der Waals surface area contributed by atoms with Gasteiger partial charge in [-0.15, -0.1) is 0 Å². The highest BCUT2D eigenvalue weighted by Crippen LogP contribution is 2.26. The summed E-state index contributed by atoms with van der Waals surface area (Å²) in [7, 11) is 0. The predicted octanol–water partition coefficient (Wildman–Crippen LogP) is 2.95. The summed E-state index contributed by atoms with van der Waals surface area (Å²) in [6, 6.07) is 13.8. The van der Waals surface area contributed by atoms with Crippen LogP contribution in [-0.2, 0) is 24.1 Å². The van der Waals surface area contributed by atoms with Crippen LogP contribution in [0, 0.1) is 0 Å². The number of rotatable bonds is 5. The Morgan fingerprint density at radius 1 is 1.14 bits per heavy atom. The molecule has 2 aromatic rings. The van der Waals surface area contributed by atoms with E-state index in [0.29, 0.717) is 18.5 Å². The molecule has 0 spiro atoms. The van der Waals surface area contributed by atoms with Crippen LogP contribution in [0.15, 0.2) is 42.5 Å². The Bertz CT molecular complexity index is 664. The topological polar surface area (TPSA) is 52.3 Å². The summed E-state index contributed by atoms with van der Waals surface area (Å²) in [4.78, 5) is 12.1. The number of anilines is 1. The molecule has 2 aromatic carbocycles. The van der Waals surface area contributed by atoms with Gasteiger partial charge in [0.2, 0.25) is 0 Å². The van der Waals surface area contributed by atoms with E-state index >= 15 is 0 Å². The fraction of sp³-hybridized carbons (Fsp3) is 0.278. The van der Waals surface area contributed by atoms with Crippen LogP contribution in [0.1, 0.15) is 23.1 Å². The zero-order valence-corrected chi connectivity index (χ0v) is 12.0. The number of carbonyl (C=O) groups is 1. The van der Waals surface area contributed by atoms with Crippen LogP contribution in [0.5, 0.6) is 5.75 Å². The number of carbonyl (C=O) groups excluding carboxylic acids is 1. The zero-order chi connectivity index (χ0) is 14.7. The second kappa shape index (κ2) is 6.00. The summed E-state index contributed by atoms with van der Waals surface area (Å²) < 4.78 is 5.49. The number of fused-ring (bicyclic) bond motifs is 1. The Morgan fingerprint density at radius 2 is 2.05 bits per heavy atom. The van der Waals surface area contributed by atoms with E-state index in [1.807, 2.05) is 30.3 Å². The second-order valence-electron chi connectivity index (χ2n) is 5.50. The van der Waals surface area contributed by atoms with Crippen LogP contribution in [0.2, 0.25) is 0 Å². The van der Waals surface area contributed by atoms with E-state index in [9.17, 15) is 4.79 Å². The lowest BCUT2D eigenvalue weighted by atomic mass is 10.0. The molecule has 3 heteroatoms. The summed E-state index contributed by atoms with van der Waals surface area (Å²) >= 11 is 0. The number of ether oxygens (including phenoxy) is 1. The molecule has 0 saturated carbocycles. The minimum atomic E-state index is 0.248. The van der Waals surface area contributed by atoms with Gasteiger partial charge in [0.1, 0.15) is 11.5 Å². The van der Waals surface area contributed by atoms with Gasteiger partial charge in [0.05, 0.1) is 6.61 Å². The van der Waals surface area contributed by atoms with Crippen molar-refractivity contribution >= 4 is 11.5 Å². The summed E-state index contributed by atoms with van der Waals surface area (Å²) in [5.74, 6) is 1.24. The van der Waals surface area contributed by atoms with Crippen molar-refractivity contribution < 1.29 is 9.53 Å². The number of hydrogen-bond acceptors (Lipinski definition) is 3. The summed E-state index contributed by atoms with van der Waals surface area (Å²) in [6.45, 7) is 0.771. The first kappa shape index (κ1) is 13.7. The molecule has 3 nitrogen and oxygen atoms in total. The van der Waals surface area contributed by atoms with E-state index < -0.39 is 0 Å². The van der Waals surface area contributed by atoms with Crippen molar-refractivity contribution in [3.8, 4) is 5.75 Å². The summed E-state index contributed by atoms with van der Waals surface area (Å²) in [5, 5.41) is 0. The number of aryl methyl sites for hydroxylation is 1. The van der Waals surface area contributed by atoms with Gasteiger partial charge in [0.15, 0.2) is 0 Å². The smallest absolute Gasteiger partial charge is 0.137 e. The normalized spacial score (nSPS) is 12.8. The highest BCUT2D eigenvalue weighted by atomic mass is 16.5. The third-order valence-corrected chi connectivity index (χ3v) is 3.80. The minimum Gasteiger partial charge on any atom is -0.493 e. The third-order valence-electron chi connectivity index (χ3n) is 3.80. The van der Waals surface area contributed by atoms with Crippen molar-refractivity contribution in [3.05, 3.63) is 59.2 Å². The number of ketones is 1. The minimum absolute atomic E-state index is 0.248. The largest absolute Gasteiger partial charge is 0.493 e. The number of hydrogen-bond donors (Lipinski definition) is 1. The Balaban J connectivity index is 1.56. The maximum Gasteiger partial charge on any atom is 0.137 e. The highest BCUT2D eigenvalue weighted by Gasteiger charge is 2.12. The van der Waals surface area contributed by atoms with Gasteiger partial charge in [0.25, 0.3) is 0 Å².